The van der Waals surface area contributed by atoms with Crippen LogP contribution in [0, 0.1) is 6.92 Å². The summed E-state index contributed by atoms with van der Waals surface area (Å²) in [6.45, 7) is 5.63. The van der Waals surface area contributed by atoms with Gasteiger partial charge in [-0.2, -0.15) is 0 Å². The number of ether oxygens (including phenoxy) is 1. The Kier molecular flexibility index (Phi) is 3.22. The molecule has 0 radical (unpaired) electrons. The van der Waals surface area contributed by atoms with Crippen molar-refractivity contribution in [3.63, 3.8) is 0 Å². The first-order valence-corrected chi connectivity index (χ1v) is 8.37. The number of hydrogen-bond acceptors (Lipinski definition) is 2. The Morgan fingerprint density at radius 1 is 1.09 bits per heavy atom. The van der Waals surface area contributed by atoms with Crippen LogP contribution in [0.1, 0.15) is 36.5 Å². The van der Waals surface area contributed by atoms with E-state index in [1.165, 1.54) is 40.8 Å². The number of fused-ring (bicyclic) bond motifs is 3. The lowest BCUT2D eigenvalue weighted by Crippen LogP contribution is -2.42. The van der Waals surface area contributed by atoms with E-state index < -0.39 is 0 Å². The van der Waals surface area contributed by atoms with Crippen LogP contribution >= 0.6 is 0 Å². The van der Waals surface area contributed by atoms with Crippen molar-refractivity contribution in [2.75, 3.05) is 18.6 Å². The van der Waals surface area contributed by atoms with E-state index >= 15 is 0 Å². The van der Waals surface area contributed by atoms with Crippen molar-refractivity contribution < 1.29 is 4.74 Å². The molecule has 2 heteroatoms. The number of rotatable bonds is 2. The van der Waals surface area contributed by atoms with Gasteiger partial charge in [0.25, 0.3) is 0 Å². The maximum atomic E-state index is 5.47. The zero-order chi connectivity index (χ0) is 16.0. The number of nitrogens with zero attached hydrogens (tertiary/aromatic N) is 1. The lowest BCUT2D eigenvalue weighted by atomic mass is 9.84. The van der Waals surface area contributed by atoms with Crippen molar-refractivity contribution in [1.82, 2.24) is 0 Å². The lowest BCUT2D eigenvalue weighted by molar-refractivity contribution is 0.414. The van der Waals surface area contributed by atoms with Crippen molar-refractivity contribution in [1.29, 1.82) is 0 Å². The maximum absolute atomic E-state index is 5.47. The molecule has 0 N–H and O–H groups in total. The third kappa shape index (κ3) is 2.24. The average Bonchev–Trinajstić information content (AvgIpc) is 2.96. The van der Waals surface area contributed by atoms with Crippen LogP contribution in [0.3, 0.4) is 0 Å². The fraction of sp³-hybridized carbons (Fsp3) is 0.333. The maximum Gasteiger partial charge on any atom is 0.119 e. The number of anilines is 1. The Morgan fingerprint density at radius 3 is 2.61 bits per heavy atom. The van der Waals surface area contributed by atoms with Crippen molar-refractivity contribution >= 4 is 11.3 Å². The molecule has 2 aromatic carbocycles. The van der Waals surface area contributed by atoms with Gasteiger partial charge in [-0.25, -0.2) is 0 Å². The third-order valence-electron chi connectivity index (χ3n) is 5.28. The second-order valence-electron chi connectivity index (χ2n) is 6.92. The zero-order valence-electron chi connectivity index (χ0n) is 14.1. The van der Waals surface area contributed by atoms with E-state index in [0.29, 0.717) is 0 Å². The standard InChI is InChI=1S/C21H23NO/c1-15-5-7-16(8-6-15)19-14-21(2)11-4-12-22(21)20-10-9-17(23-3)13-18(19)20/h5-10,13-14H,4,11-12H2,1-3H3. The SMILES string of the molecule is COc1ccc2c(c1)C(c1ccc(C)cc1)=CC1(C)CCCN21. The molecule has 2 aliphatic heterocycles. The van der Waals surface area contributed by atoms with Crippen LogP contribution in [-0.4, -0.2) is 19.2 Å². The van der Waals surface area contributed by atoms with Gasteiger partial charge < -0.3 is 9.64 Å². The highest BCUT2D eigenvalue weighted by Crippen LogP contribution is 2.47. The van der Waals surface area contributed by atoms with Crippen LogP contribution in [0.4, 0.5) is 5.69 Å². The minimum atomic E-state index is 0.127. The smallest absolute Gasteiger partial charge is 0.119 e. The molecular weight excluding hydrogens is 282 g/mol. The van der Waals surface area contributed by atoms with Gasteiger partial charge in [-0.3, -0.25) is 0 Å². The molecule has 118 valence electrons. The monoisotopic (exact) mass is 305 g/mol. The molecule has 0 bridgehead atoms. The summed E-state index contributed by atoms with van der Waals surface area (Å²) in [5, 5.41) is 0. The molecule has 23 heavy (non-hydrogen) atoms. The second kappa shape index (κ2) is 5.16. The van der Waals surface area contributed by atoms with E-state index in [1.807, 2.05) is 0 Å². The van der Waals surface area contributed by atoms with Gasteiger partial charge in [-0.1, -0.05) is 35.9 Å². The molecule has 2 heterocycles. The van der Waals surface area contributed by atoms with Gasteiger partial charge in [0.1, 0.15) is 5.75 Å². The fourth-order valence-electron chi connectivity index (χ4n) is 3.99. The summed E-state index contributed by atoms with van der Waals surface area (Å²) >= 11 is 0. The molecule has 2 aliphatic rings. The van der Waals surface area contributed by atoms with E-state index in [1.54, 1.807) is 7.11 Å². The van der Waals surface area contributed by atoms with Crippen LogP contribution in [0.5, 0.6) is 5.75 Å². The molecule has 0 aliphatic carbocycles. The van der Waals surface area contributed by atoms with Crippen LogP contribution < -0.4 is 9.64 Å². The zero-order valence-corrected chi connectivity index (χ0v) is 14.1. The van der Waals surface area contributed by atoms with Crippen molar-refractivity contribution in [3.05, 3.63) is 65.2 Å². The summed E-state index contributed by atoms with van der Waals surface area (Å²) in [4.78, 5) is 2.56. The summed E-state index contributed by atoms with van der Waals surface area (Å²) in [5.41, 5.74) is 6.67. The predicted molar refractivity (Wildman–Crippen MR) is 96.2 cm³/mol. The normalized spacial score (nSPS) is 22.4. The van der Waals surface area contributed by atoms with Crippen molar-refractivity contribution in [3.8, 4) is 5.75 Å². The lowest BCUT2D eigenvalue weighted by Gasteiger charge is -2.41. The largest absolute Gasteiger partial charge is 0.497 e. The molecule has 1 saturated heterocycles. The van der Waals surface area contributed by atoms with Gasteiger partial charge >= 0.3 is 0 Å². The highest BCUT2D eigenvalue weighted by Gasteiger charge is 2.39. The summed E-state index contributed by atoms with van der Waals surface area (Å²) in [6, 6.07) is 15.3. The minimum absolute atomic E-state index is 0.127. The van der Waals surface area contributed by atoms with Gasteiger partial charge in [0, 0.05) is 17.8 Å². The summed E-state index contributed by atoms with van der Waals surface area (Å²) in [7, 11) is 1.74. The molecule has 0 amide bonds. The van der Waals surface area contributed by atoms with Gasteiger partial charge in [-0.05, 0) is 56.0 Å². The molecule has 0 saturated carbocycles. The van der Waals surface area contributed by atoms with Crippen LogP contribution in [-0.2, 0) is 0 Å². The first-order chi connectivity index (χ1) is 11.1. The van der Waals surface area contributed by atoms with Gasteiger partial charge in [-0.15, -0.1) is 0 Å². The van der Waals surface area contributed by atoms with Crippen LogP contribution in [0.15, 0.2) is 48.5 Å². The van der Waals surface area contributed by atoms with E-state index in [-0.39, 0.29) is 5.54 Å². The number of hydrogen-bond donors (Lipinski definition) is 0. The highest BCUT2D eigenvalue weighted by atomic mass is 16.5. The van der Waals surface area contributed by atoms with Crippen molar-refractivity contribution in [2.45, 2.75) is 32.2 Å². The van der Waals surface area contributed by atoms with Crippen molar-refractivity contribution in [2.24, 2.45) is 0 Å². The first-order valence-electron chi connectivity index (χ1n) is 8.37. The predicted octanol–water partition coefficient (Wildman–Crippen LogP) is 4.81. The molecule has 4 rings (SSSR count). The van der Waals surface area contributed by atoms with Gasteiger partial charge in [0.2, 0.25) is 0 Å². The molecule has 0 spiro atoms. The Hall–Kier alpha value is -2.22. The Labute approximate surface area is 138 Å². The van der Waals surface area contributed by atoms with Gasteiger partial charge in [0.15, 0.2) is 0 Å². The molecular formula is C21H23NO. The quantitative estimate of drug-likeness (QED) is 0.789. The minimum Gasteiger partial charge on any atom is -0.497 e. The molecule has 1 atom stereocenters. The Morgan fingerprint density at radius 2 is 1.87 bits per heavy atom. The van der Waals surface area contributed by atoms with E-state index in [4.69, 9.17) is 4.74 Å². The molecule has 0 aromatic heterocycles. The topological polar surface area (TPSA) is 12.5 Å². The first kappa shape index (κ1) is 14.4. The molecule has 2 nitrogen and oxygen atoms in total. The average molecular weight is 305 g/mol. The molecule has 1 unspecified atom stereocenters. The Balaban J connectivity index is 1.93. The number of methoxy groups -OCH3 is 1. The van der Waals surface area contributed by atoms with Crippen LogP contribution in [0.2, 0.25) is 0 Å². The highest BCUT2D eigenvalue weighted by molar-refractivity contribution is 5.91. The summed E-state index contributed by atoms with van der Waals surface area (Å²) in [6.07, 6.45) is 4.93. The van der Waals surface area contributed by atoms with Crippen LogP contribution in [0.25, 0.3) is 5.57 Å². The Bertz CT molecular complexity index is 775. The van der Waals surface area contributed by atoms with E-state index in [9.17, 15) is 0 Å². The number of aryl methyl sites for hydroxylation is 1. The number of benzene rings is 2. The third-order valence-corrected chi connectivity index (χ3v) is 5.28. The van der Waals surface area contributed by atoms with E-state index in [0.717, 1.165) is 12.3 Å². The molecule has 2 aromatic rings. The van der Waals surface area contributed by atoms with Gasteiger partial charge in [0.05, 0.1) is 12.6 Å². The van der Waals surface area contributed by atoms with E-state index in [2.05, 4.69) is 67.3 Å². The fourth-order valence-corrected chi connectivity index (χ4v) is 3.99. The molecule has 1 fully saturated rings. The second-order valence-corrected chi connectivity index (χ2v) is 6.92. The summed E-state index contributed by atoms with van der Waals surface area (Å²) in [5.74, 6) is 0.921. The summed E-state index contributed by atoms with van der Waals surface area (Å²) < 4.78 is 5.47.